The number of hydrogen-bond acceptors (Lipinski definition) is 12. The van der Waals surface area contributed by atoms with Gasteiger partial charge in [-0.2, -0.15) is 0 Å². The Bertz CT molecular complexity index is 6080. The smallest absolute Gasteiger partial charge is 0.262 e. The van der Waals surface area contributed by atoms with Gasteiger partial charge in [-0.3, -0.25) is 38.6 Å². The molecule has 2 aromatic heterocycles. The van der Waals surface area contributed by atoms with Gasteiger partial charge in [-0.05, 0) is 178 Å². The number of nitrogens with zero attached hydrogens (tertiary/aromatic N) is 2. The van der Waals surface area contributed by atoms with E-state index in [1.807, 2.05) is 170 Å². The molecule has 2 atom stereocenters. The number of ether oxygens (including phenoxy) is 4. The molecule has 13 aromatic carbocycles. The summed E-state index contributed by atoms with van der Waals surface area (Å²) in [7, 11) is 0. The summed E-state index contributed by atoms with van der Waals surface area (Å²) >= 11 is 0. The molecular weight excluding hydrogens is 1500 g/mol. The van der Waals surface area contributed by atoms with Crippen molar-refractivity contribution >= 4 is 134 Å². The molecule has 0 saturated heterocycles. The predicted octanol–water partition coefficient (Wildman–Crippen LogP) is 26.3. The number of carbonyl (C=O) groups excluding carboxylic acids is 6. The first kappa shape index (κ1) is 77.1. The van der Waals surface area contributed by atoms with E-state index in [1.54, 1.807) is 36.4 Å². The van der Waals surface area contributed by atoms with Crippen molar-refractivity contribution in [2.75, 3.05) is 10.6 Å². The van der Waals surface area contributed by atoms with Gasteiger partial charge in [0.25, 0.3) is 23.6 Å². The van der Waals surface area contributed by atoms with Crippen LogP contribution in [0.5, 0.6) is 46.0 Å². The van der Waals surface area contributed by atoms with Crippen LogP contribution in [-0.2, 0) is 31.2 Å². The number of furan rings is 2. The van der Waals surface area contributed by atoms with Crippen molar-refractivity contribution in [1.82, 2.24) is 9.80 Å². The molecule has 2 aliphatic carbocycles. The highest BCUT2D eigenvalue weighted by Gasteiger charge is 2.50. The van der Waals surface area contributed by atoms with Crippen LogP contribution in [0.25, 0.3) is 87.0 Å². The minimum Gasteiger partial charge on any atom is -0.457 e. The molecule has 4 heterocycles. The van der Waals surface area contributed by atoms with Crippen molar-refractivity contribution in [3.05, 3.63) is 251 Å². The summed E-state index contributed by atoms with van der Waals surface area (Å²) in [6, 6.07) is 61.7. The van der Waals surface area contributed by atoms with Crippen LogP contribution < -0.4 is 29.6 Å². The molecule has 2 N–H and O–H groups in total. The summed E-state index contributed by atoms with van der Waals surface area (Å²) in [6.45, 7) is 25.6. The van der Waals surface area contributed by atoms with Crippen LogP contribution in [0.15, 0.2) is 215 Å². The average molecular weight is 1590 g/mol. The lowest BCUT2D eigenvalue weighted by molar-refractivity contribution is -0.122. The van der Waals surface area contributed by atoms with E-state index in [-0.39, 0.29) is 77.7 Å². The molecule has 15 aromatic rings. The van der Waals surface area contributed by atoms with E-state index in [0.717, 1.165) is 82.3 Å². The van der Waals surface area contributed by atoms with Crippen LogP contribution in [0.3, 0.4) is 0 Å². The molecule has 16 nitrogen and oxygen atoms in total. The van der Waals surface area contributed by atoms with Crippen molar-refractivity contribution in [3.8, 4) is 46.0 Å². The van der Waals surface area contributed by atoms with Crippen LogP contribution >= 0.6 is 0 Å². The topological polar surface area (TPSA) is 196 Å². The highest BCUT2D eigenvalue weighted by molar-refractivity contribution is 6.45. The largest absolute Gasteiger partial charge is 0.457 e. The third kappa shape index (κ3) is 13.3. The quantitative estimate of drug-likeness (QED) is 0.0528. The van der Waals surface area contributed by atoms with Crippen molar-refractivity contribution < 1.29 is 56.5 Å². The second-order valence-electron chi connectivity index (χ2n) is 37.4. The molecule has 19 rings (SSSR count). The van der Waals surface area contributed by atoms with Gasteiger partial charge in [-0.1, -0.05) is 231 Å². The molecule has 0 spiro atoms. The van der Waals surface area contributed by atoms with Gasteiger partial charge in [-0.25, -0.2) is 0 Å². The number of rotatable bonds is 16. The van der Waals surface area contributed by atoms with Crippen molar-refractivity contribution in [3.63, 3.8) is 0 Å². The molecule has 2 saturated carbocycles. The standard InChI is InChI=1S/C104H96N4O12/c1-101(2,3)59-37-45-63(46-38-59)115-79-53-71-83-72(98(112)107(97(71)111)91(57-25-15-13-16-26-57)95(109)105-75-33-23-31-69-67-29-19-21-35-77(67)119-93(69)75)55-81(117-65-49-41-61(42-50-65)103(7,8)9)87-88-82(118-66-51-43-62(44-52-66)104(10,11)12)56-74-84-73(54-80(86(90(84)88)85(79)89(83)87)116-64-47-39-60(40-48-64)102(4,5)6)99(113)108(100(74)114)92(58-27-17-14-18-28-58)96(110)106-76-34-24-32-70-68-30-20-22-36-78(68)120-94(70)76/h19-24,29-58,91-92H,13-18,25-28H2,1-12H3,(H,105,109)(H,106,110). The highest BCUT2D eigenvalue weighted by atomic mass is 16.5. The first-order chi connectivity index (χ1) is 57.5. The van der Waals surface area contributed by atoms with Gasteiger partial charge < -0.3 is 38.4 Å². The number of imide groups is 2. The van der Waals surface area contributed by atoms with Gasteiger partial charge in [0.15, 0.2) is 11.2 Å². The zero-order valence-corrected chi connectivity index (χ0v) is 69.8. The molecule has 0 bridgehead atoms. The second kappa shape index (κ2) is 29.0. The number of carbonyl (C=O) groups is 6. The maximum Gasteiger partial charge on any atom is 0.262 e. The van der Waals surface area contributed by atoms with Gasteiger partial charge >= 0.3 is 0 Å². The van der Waals surface area contributed by atoms with Gasteiger partial charge in [0.05, 0.1) is 33.6 Å². The van der Waals surface area contributed by atoms with E-state index in [9.17, 15) is 0 Å². The monoisotopic (exact) mass is 1590 g/mol. The van der Waals surface area contributed by atoms with Crippen molar-refractivity contribution in [1.29, 1.82) is 0 Å². The summed E-state index contributed by atoms with van der Waals surface area (Å²) in [4.78, 5) is 103. The Balaban J connectivity index is 0.915. The fourth-order valence-corrected chi connectivity index (χ4v) is 19.1. The number of fused-ring (bicyclic) bond motifs is 8. The van der Waals surface area contributed by atoms with Crippen LogP contribution in [0.2, 0.25) is 0 Å². The first-order valence-electron chi connectivity index (χ1n) is 42.2. The minimum atomic E-state index is -1.35. The Labute approximate surface area is 696 Å². The molecule has 2 aliphatic heterocycles. The van der Waals surface area contributed by atoms with Gasteiger partial charge in [0, 0.05) is 64.6 Å². The average Bonchev–Trinajstić information content (AvgIpc) is 0.697. The first-order valence-corrected chi connectivity index (χ1v) is 42.2. The van der Waals surface area contributed by atoms with Gasteiger partial charge in [0.2, 0.25) is 11.8 Å². The molecule has 2 unspecified atom stereocenters. The minimum absolute atomic E-state index is 0.0547. The number of amides is 6. The lowest BCUT2D eigenvalue weighted by Gasteiger charge is -2.39. The Hall–Kier alpha value is -12.8. The van der Waals surface area contributed by atoms with Gasteiger partial charge in [0.1, 0.15) is 69.2 Å². The van der Waals surface area contributed by atoms with E-state index >= 15 is 28.8 Å². The molecule has 16 heteroatoms. The lowest BCUT2D eigenvalue weighted by atomic mass is 9.78. The van der Waals surface area contributed by atoms with Crippen LogP contribution in [0.1, 0.15) is 211 Å². The summed E-state index contributed by atoms with van der Waals surface area (Å²) in [5.41, 5.74) is 6.19. The third-order valence-corrected chi connectivity index (χ3v) is 25.4. The predicted molar refractivity (Wildman–Crippen MR) is 475 cm³/mol. The molecule has 604 valence electrons. The van der Waals surface area contributed by atoms with Crippen molar-refractivity contribution in [2.24, 2.45) is 11.8 Å². The normalized spacial score (nSPS) is 15.8. The van der Waals surface area contributed by atoms with E-state index in [2.05, 4.69) is 93.7 Å². The number of nitrogens with one attached hydrogen (secondary N) is 2. The highest BCUT2D eigenvalue weighted by Crippen LogP contribution is 2.59. The summed E-state index contributed by atoms with van der Waals surface area (Å²) < 4.78 is 43.2. The van der Waals surface area contributed by atoms with E-state index < -0.39 is 59.4 Å². The second-order valence-corrected chi connectivity index (χ2v) is 37.4. The van der Waals surface area contributed by atoms with Crippen LogP contribution in [0.4, 0.5) is 11.4 Å². The molecule has 2 fully saturated rings. The Kier molecular flexibility index (Phi) is 18.7. The molecule has 120 heavy (non-hydrogen) atoms. The molecule has 0 radical (unpaired) electrons. The van der Waals surface area contributed by atoms with Crippen LogP contribution in [0, 0.1) is 11.8 Å². The zero-order chi connectivity index (χ0) is 83.3. The molecule has 6 amide bonds. The third-order valence-electron chi connectivity index (χ3n) is 25.4. The van der Waals surface area contributed by atoms with Gasteiger partial charge in [-0.15, -0.1) is 0 Å². The van der Waals surface area contributed by atoms with Crippen LogP contribution in [-0.4, -0.2) is 57.3 Å². The number of hydrogen-bond donors (Lipinski definition) is 2. The fraction of sp³-hybridized carbons (Fsp3) is 0.288. The summed E-state index contributed by atoms with van der Waals surface area (Å²) in [5.74, 6) is -2.97. The van der Waals surface area contributed by atoms with E-state index in [4.69, 9.17) is 27.8 Å². The van der Waals surface area contributed by atoms with E-state index in [0.29, 0.717) is 115 Å². The maximum absolute atomic E-state index is 17.1. The Morgan fingerprint density at radius 3 is 0.867 bits per heavy atom. The maximum atomic E-state index is 17.1. The number of benzene rings is 13. The number of para-hydroxylation sites is 4. The zero-order valence-electron chi connectivity index (χ0n) is 69.8. The fourth-order valence-electron chi connectivity index (χ4n) is 19.1. The van der Waals surface area contributed by atoms with Crippen molar-refractivity contribution in [2.45, 2.75) is 181 Å². The summed E-state index contributed by atoms with van der Waals surface area (Å²) in [5, 5.41) is 12.2. The molecule has 4 aliphatic rings. The lowest BCUT2D eigenvalue weighted by Crippen LogP contribution is -2.55. The Morgan fingerprint density at radius 2 is 0.592 bits per heavy atom. The van der Waals surface area contributed by atoms with E-state index in [1.165, 1.54) is 9.80 Å². The number of anilines is 2. The SMILES string of the molecule is CC(C)(C)c1ccc(Oc2cc3c4c(cc(Oc5ccc(C(C)(C)C)cc5)c5c6c(Oc7ccc(C(C)(C)C)cc7)cc7c8c(cc(Oc9ccc(C(C)(C)C)cc9)c(c2c45)c86)C(=O)N(C(C(=O)Nc2cccc4c2oc2ccccc24)C2CCCCC2)C7=O)C(=O)N(C(C(=O)Nc2cccc4c2oc2ccccc24)C2CCCCC2)C3=O)cc1. The molecular formula is C104H96N4O12. The Morgan fingerprint density at radius 1 is 0.325 bits per heavy atom. The summed E-state index contributed by atoms with van der Waals surface area (Å²) in [6.07, 6.45) is 7.07.